The Labute approximate surface area is 138 Å². The molecule has 2 aromatic heterocycles. The van der Waals surface area contributed by atoms with E-state index in [0.29, 0.717) is 5.56 Å². The lowest BCUT2D eigenvalue weighted by atomic mass is 10.1. The first-order valence-electron chi connectivity index (χ1n) is 7.28. The van der Waals surface area contributed by atoms with Gasteiger partial charge in [-0.15, -0.1) is 0 Å². The number of ether oxygens (including phenoxy) is 2. The van der Waals surface area contributed by atoms with Gasteiger partial charge in [-0.3, -0.25) is 0 Å². The maximum atomic E-state index is 11.9. The molecule has 1 aromatic carbocycles. The lowest BCUT2D eigenvalue weighted by Crippen LogP contribution is -2.11. The minimum atomic E-state index is -0.610. The third-order valence-corrected chi connectivity index (χ3v) is 3.86. The van der Waals surface area contributed by atoms with Crippen molar-refractivity contribution in [3.05, 3.63) is 53.9 Å². The monoisotopic (exact) mass is 324 g/mol. The molecule has 0 saturated carbocycles. The van der Waals surface area contributed by atoms with E-state index in [1.807, 2.05) is 41.9 Å². The van der Waals surface area contributed by atoms with Crippen molar-refractivity contribution in [1.29, 1.82) is 0 Å². The van der Waals surface area contributed by atoms with Gasteiger partial charge in [0.15, 0.2) is 0 Å². The smallest absolute Gasteiger partial charge is 0.356 e. The molecule has 24 heavy (non-hydrogen) atoms. The first kappa shape index (κ1) is 15.7. The number of rotatable bonds is 3. The van der Waals surface area contributed by atoms with E-state index in [-0.39, 0.29) is 11.4 Å². The summed E-state index contributed by atoms with van der Waals surface area (Å²) in [6.45, 7) is 0. The molecule has 0 aliphatic carbocycles. The third kappa shape index (κ3) is 2.62. The number of hydrogen-bond donors (Lipinski definition) is 0. The Morgan fingerprint density at radius 3 is 2.08 bits per heavy atom. The van der Waals surface area contributed by atoms with E-state index in [1.54, 1.807) is 12.1 Å². The molecule has 6 heteroatoms. The van der Waals surface area contributed by atoms with Gasteiger partial charge in [0.1, 0.15) is 11.4 Å². The number of fused-ring (bicyclic) bond motifs is 1. The number of aryl methyl sites for hydroxylation is 1. The lowest BCUT2D eigenvalue weighted by Gasteiger charge is -2.08. The van der Waals surface area contributed by atoms with Gasteiger partial charge in [-0.05, 0) is 24.3 Å². The minimum Gasteiger partial charge on any atom is -0.464 e. The van der Waals surface area contributed by atoms with Crippen molar-refractivity contribution in [2.45, 2.75) is 0 Å². The van der Waals surface area contributed by atoms with Crippen molar-refractivity contribution in [3.8, 4) is 11.3 Å². The zero-order valence-corrected chi connectivity index (χ0v) is 13.6. The summed E-state index contributed by atoms with van der Waals surface area (Å²) < 4.78 is 11.4. The van der Waals surface area contributed by atoms with E-state index in [1.165, 1.54) is 14.2 Å². The number of nitrogens with zero attached hydrogens (tertiary/aromatic N) is 2. The van der Waals surface area contributed by atoms with Crippen molar-refractivity contribution >= 4 is 22.8 Å². The maximum absolute atomic E-state index is 11.9. The van der Waals surface area contributed by atoms with Crippen molar-refractivity contribution in [2.24, 2.45) is 7.05 Å². The van der Waals surface area contributed by atoms with Gasteiger partial charge in [-0.1, -0.05) is 18.2 Å². The van der Waals surface area contributed by atoms with Crippen LogP contribution in [0, 0.1) is 0 Å². The van der Waals surface area contributed by atoms with Gasteiger partial charge in [0.25, 0.3) is 0 Å². The van der Waals surface area contributed by atoms with Gasteiger partial charge in [0.2, 0.25) is 0 Å². The molecule has 0 aliphatic rings. The second kappa shape index (κ2) is 6.16. The predicted molar refractivity (Wildman–Crippen MR) is 88.8 cm³/mol. The number of carbonyl (C=O) groups excluding carboxylic acids is 2. The number of methoxy groups -OCH3 is 2. The molecule has 0 bridgehead atoms. The van der Waals surface area contributed by atoms with E-state index < -0.39 is 11.9 Å². The number of esters is 2. The first-order valence-corrected chi connectivity index (χ1v) is 7.28. The highest BCUT2D eigenvalue weighted by atomic mass is 16.5. The Hall–Kier alpha value is -3.15. The third-order valence-electron chi connectivity index (χ3n) is 3.86. The first-order chi connectivity index (χ1) is 11.5. The Morgan fingerprint density at radius 1 is 0.958 bits per heavy atom. The van der Waals surface area contributed by atoms with Crippen molar-refractivity contribution in [1.82, 2.24) is 9.55 Å². The summed E-state index contributed by atoms with van der Waals surface area (Å²) in [5.41, 5.74) is 2.70. The summed E-state index contributed by atoms with van der Waals surface area (Å²) in [6.07, 6.45) is 0. The van der Waals surface area contributed by atoms with Gasteiger partial charge >= 0.3 is 11.9 Å². The fourth-order valence-corrected chi connectivity index (χ4v) is 2.66. The molecular weight excluding hydrogens is 308 g/mol. The molecule has 0 atom stereocenters. The summed E-state index contributed by atoms with van der Waals surface area (Å²) in [5, 5.41) is 1.06. The molecule has 3 rings (SSSR count). The molecule has 0 radical (unpaired) electrons. The molecule has 0 unspecified atom stereocenters. The summed E-state index contributed by atoms with van der Waals surface area (Å²) in [6, 6.07) is 13.1. The lowest BCUT2D eigenvalue weighted by molar-refractivity contribution is 0.0586. The Balaban J connectivity index is 2.23. The Bertz CT molecular complexity index is 909. The molecular formula is C18H16N2O4. The van der Waals surface area contributed by atoms with Crippen LogP contribution < -0.4 is 0 Å². The highest BCUT2D eigenvalue weighted by molar-refractivity contribution is 5.95. The largest absolute Gasteiger partial charge is 0.464 e. The standard InChI is InChI=1S/C18H16N2O4/c1-20-15-7-5-4-6-11(15)10-16(20)12-8-13(17(21)23-2)19-14(9-12)18(22)24-3/h4-10H,1-3H3. The van der Waals surface area contributed by atoms with Gasteiger partial charge in [-0.25, -0.2) is 14.6 Å². The number of pyridine rings is 1. The molecule has 0 saturated heterocycles. The van der Waals surface area contributed by atoms with Gasteiger partial charge in [-0.2, -0.15) is 0 Å². The van der Waals surface area contributed by atoms with Crippen LogP contribution in [0.15, 0.2) is 42.5 Å². The zero-order valence-electron chi connectivity index (χ0n) is 13.6. The van der Waals surface area contributed by atoms with E-state index in [2.05, 4.69) is 4.98 Å². The van der Waals surface area contributed by atoms with Crippen LogP contribution in [0.3, 0.4) is 0 Å². The van der Waals surface area contributed by atoms with Crippen LogP contribution in [0.1, 0.15) is 21.0 Å². The summed E-state index contributed by atoms with van der Waals surface area (Å²) in [4.78, 5) is 27.8. The highest BCUT2D eigenvalue weighted by Gasteiger charge is 2.18. The SMILES string of the molecule is COC(=O)c1cc(-c2cc3ccccc3n2C)cc(C(=O)OC)n1. The van der Waals surface area contributed by atoms with E-state index >= 15 is 0 Å². The van der Waals surface area contributed by atoms with Crippen LogP contribution in [0.5, 0.6) is 0 Å². The van der Waals surface area contributed by atoms with Crippen LogP contribution >= 0.6 is 0 Å². The number of hydrogen-bond acceptors (Lipinski definition) is 5. The van der Waals surface area contributed by atoms with Gasteiger partial charge < -0.3 is 14.0 Å². The van der Waals surface area contributed by atoms with Crippen LogP contribution in [0.2, 0.25) is 0 Å². The number of benzene rings is 1. The van der Waals surface area contributed by atoms with E-state index in [4.69, 9.17) is 9.47 Å². The van der Waals surface area contributed by atoms with Gasteiger partial charge in [0.05, 0.1) is 14.2 Å². The van der Waals surface area contributed by atoms with Crippen LogP contribution in [-0.2, 0) is 16.5 Å². The van der Waals surface area contributed by atoms with Crippen LogP contribution in [0.4, 0.5) is 0 Å². The second-order valence-corrected chi connectivity index (χ2v) is 5.26. The fourth-order valence-electron chi connectivity index (χ4n) is 2.66. The Kier molecular flexibility index (Phi) is 4.04. The predicted octanol–water partition coefficient (Wildman–Crippen LogP) is 2.81. The zero-order chi connectivity index (χ0) is 17.3. The van der Waals surface area contributed by atoms with Crippen LogP contribution in [0.25, 0.3) is 22.2 Å². The molecule has 0 N–H and O–H groups in total. The molecule has 0 aliphatic heterocycles. The molecule has 6 nitrogen and oxygen atoms in total. The molecule has 0 spiro atoms. The molecule has 122 valence electrons. The molecule has 0 amide bonds. The van der Waals surface area contributed by atoms with E-state index in [0.717, 1.165) is 16.6 Å². The fraction of sp³-hybridized carbons (Fsp3) is 0.167. The van der Waals surface area contributed by atoms with E-state index in [9.17, 15) is 9.59 Å². The van der Waals surface area contributed by atoms with Crippen molar-refractivity contribution in [2.75, 3.05) is 14.2 Å². The number of para-hydroxylation sites is 1. The van der Waals surface area contributed by atoms with Gasteiger partial charge in [0, 0.05) is 29.2 Å². The second-order valence-electron chi connectivity index (χ2n) is 5.26. The van der Waals surface area contributed by atoms with Crippen molar-refractivity contribution < 1.29 is 19.1 Å². The van der Waals surface area contributed by atoms with Crippen molar-refractivity contribution in [3.63, 3.8) is 0 Å². The van der Waals surface area contributed by atoms with Crippen LogP contribution in [-0.4, -0.2) is 35.7 Å². The average Bonchev–Trinajstić information content (AvgIpc) is 2.97. The molecule has 2 heterocycles. The number of carbonyl (C=O) groups is 2. The number of aromatic nitrogens is 2. The Morgan fingerprint density at radius 2 is 1.54 bits per heavy atom. The molecule has 3 aromatic rings. The summed E-state index contributed by atoms with van der Waals surface area (Å²) >= 11 is 0. The summed E-state index contributed by atoms with van der Waals surface area (Å²) in [5.74, 6) is -1.22. The topological polar surface area (TPSA) is 70.4 Å². The minimum absolute atomic E-state index is 0.0562. The average molecular weight is 324 g/mol. The molecule has 0 fully saturated rings. The highest BCUT2D eigenvalue weighted by Crippen LogP contribution is 2.28. The summed E-state index contributed by atoms with van der Waals surface area (Å²) in [7, 11) is 4.46. The quantitative estimate of drug-likeness (QED) is 0.693. The maximum Gasteiger partial charge on any atom is 0.356 e. The normalized spacial score (nSPS) is 10.6.